The predicted octanol–water partition coefficient (Wildman–Crippen LogP) is 2.62. The van der Waals surface area contributed by atoms with E-state index in [0.29, 0.717) is 0 Å². The van der Waals surface area contributed by atoms with Crippen molar-refractivity contribution in [2.45, 2.75) is 30.8 Å². The Labute approximate surface area is 128 Å². The van der Waals surface area contributed by atoms with Gasteiger partial charge in [-0.1, -0.05) is 42.4 Å². The number of nitrogens with one attached hydrogen (secondary N) is 1. The van der Waals surface area contributed by atoms with E-state index in [1.807, 2.05) is 22.9 Å². The zero-order valence-corrected chi connectivity index (χ0v) is 13.0. The van der Waals surface area contributed by atoms with Gasteiger partial charge in [-0.15, -0.1) is 5.10 Å². The number of hydrogen-bond acceptors (Lipinski definition) is 5. The van der Waals surface area contributed by atoms with E-state index in [1.165, 1.54) is 5.56 Å². The molecule has 0 fully saturated rings. The summed E-state index contributed by atoms with van der Waals surface area (Å²) in [4.78, 5) is 0. The van der Waals surface area contributed by atoms with Crippen molar-refractivity contribution in [3.05, 3.63) is 34.9 Å². The molecule has 20 heavy (non-hydrogen) atoms. The van der Waals surface area contributed by atoms with Crippen LogP contribution in [-0.4, -0.2) is 33.3 Å². The fraction of sp³-hybridized carbons (Fsp3) is 0.462. The van der Waals surface area contributed by atoms with Crippen molar-refractivity contribution in [1.82, 2.24) is 25.5 Å². The third kappa shape index (κ3) is 4.77. The maximum absolute atomic E-state index is 5.97. The molecule has 1 heterocycles. The Morgan fingerprint density at radius 2 is 2.25 bits per heavy atom. The smallest absolute Gasteiger partial charge is 0.209 e. The molecule has 1 aromatic carbocycles. The molecule has 0 unspecified atom stereocenters. The monoisotopic (exact) mass is 311 g/mol. The topological polar surface area (TPSA) is 55.6 Å². The number of halogens is 1. The summed E-state index contributed by atoms with van der Waals surface area (Å²) >= 11 is 7.59. The highest BCUT2D eigenvalue weighted by Gasteiger charge is 2.06. The van der Waals surface area contributed by atoms with E-state index in [-0.39, 0.29) is 0 Å². The highest BCUT2D eigenvalue weighted by Crippen LogP contribution is 2.21. The molecule has 0 aliphatic rings. The van der Waals surface area contributed by atoms with Gasteiger partial charge in [0.15, 0.2) is 0 Å². The second-order valence-electron chi connectivity index (χ2n) is 4.35. The van der Waals surface area contributed by atoms with Crippen LogP contribution in [0.25, 0.3) is 0 Å². The van der Waals surface area contributed by atoms with E-state index in [9.17, 15) is 0 Å². The van der Waals surface area contributed by atoms with Gasteiger partial charge in [0, 0.05) is 17.3 Å². The normalized spacial score (nSPS) is 10.9. The summed E-state index contributed by atoms with van der Waals surface area (Å²) < 4.78 is 1.83. The quantitative estimate of drug-likeness (QED) is 0.600. The van der Waals surface area contributed by atoms with Gasteiger partial charge in [0.25, 0.3) is 0 Å². The first-order valence-corrected chi connectivity index (χ1v) is 8.00. The molecular formula is C13H18ClN5S. The van der Waals surface area contributed by atoms with Crippen LogP contribution in [0, 0.1) is 0 Å². The molecule has 2 rings (SSSR count). The average Bonchev–Trinajstić information content (AvgIpc) is 2.89. The molecule has 0 aliphatic heterocycles. The van der Waals surface area contributed by atoms with E-state index in [2.05, 4.69) is 33.8 Å². The van der Waals surface area contributed by atoms with Gasteiger partial charge in [-0.25, -0.2) is 4.68 Å². The number of rotatable bonds is 8. The molecule has 108 valence electrons. The van der Waals surface area contributed by atoms with Gasteiger partial charge in [0.2, 0.25) is 5.16 Å². The number of hydrogen-bond donors (Lipinski definition) is 1. The highest BCUT2D eigenvalue weighted by atomic mass is 35.5. The van der Waals surface area contributed by atoms with Gasteiger partial charge in [0.1, 0.15) is 0 Å². The van der Waals surface area contributed by atoms with Gasteiger partial charge < -0.3 is 5.32 Å². The van der Waals surface area contributed by atoms with Crippen molar-refractivity contribution in [1.29, 1.82) is 0 Å². The molecule has 1 N–H and O–H groups in total. The molecule has 0 aliphatic carbocycles. The van der Waals surface area contributed by atoms with E-state index in [4.69, 9.17) is 11.6 Å². The summed E-state index contributed by atoms with van der Waals surface area (Å²) in [6.07, 6.45) is 1.13. The Morgan fingerprint density at radius 1 is 1.35 bits per heavy atom. The maximum Gasteiger partial charge on any atom is 0.209 e. The molecule has 7 heteroatoms. The van der Waals surface area contributed by atoms with Crippen LogP contribution < -0.4 is 5.32 Å². The summed E-state index contributed by atoms with van der Waals surface area (Å²) in [5, 5.41) is 16.7. The van der Waals surface area contributed by atoms with Crippen LogP contribution in [0.4, 0.5) is 0 Å². The lowest BCUT2D eigenvalue weighted by atomic mass is 10.2. The van der Waals surface area contributed by atoms with Gasteiger partial charge in [0.05, 0.1) is 6.54 Å². The fourth-order valence-corrected chi connectivity index (χ4v) is 2.76. The summed E-state index contributed by atoms with van der Waals surface area (Å²) in [5.41, 5.74) is 1.17. The van der Waals surface area contributed by atoms with Crippen LogP contribution in [0.3, 0.4) is 0 Å². The number of tetrazole rings is 1. The Kier molecular flexibility index (Phi) is 6.29. The average molecular weight is 312 g/mol. The van der Waals surface area contributed by atoms with Crippen LogP contribution >= 0.6 is 23.4 Å². The van der Waals surface area contributed by atoms with E-state index >= 15 is 0 Å². The van der Waals surface area contributed by atoms with Crippen LogP contribution in [0.2, 0.25) is 5.02 Å². The Morgan fingerprint density at radius 3 is 3.05 bits per heavy atom. The van der Waals surface area contributed by atoms with Crippen LogP contribution in [0.1, 0.15) is 18.9 Å². The van der Waals surface area contributed by atoms with Crippen molar-refractivity contribution in [3.63, 3.8) is 0 Å². The van der Waals surface area contributed by atoms with Crippen molar-refractivity contribution >= 4 is 23.4 Å². The molecule has 0 radical (unpaired) electrons. The van der Waals surface area contributed by atoms with Gasteiger partial charge in [-0.3, -0.25) is 0 Å². The number of nitrogens with zero attached hydrogens (tertiary/aromatic N) is 4. The summed E-state index contributed by atoms with van der Waals surface area (Å²) in [6, 6.07) is 7.84. The van der Waals surface area contributed by atoms with Crippen molar-refractivity contribution < 1.29 is 0 Å². The van der Waals surface area contributed by atoms with E-state index < -0.39 is 0 Å². The molecule has 0 spiro atoms. The minimum Gasteiger partial charge on any atom is -0.315 e. The summed E-state index contributed by atoms with van der Waals surface area (Å²) in [5.74, 6) is 0.809. The lowest BCUT2D eigenvalue weighted by molar-refractivity contribution is 0.510. The predicted molar refractivity (Wildman–Crippen MR) is 82.0 cm³/mol. The van der Waals surface area contributed by atoms with Crippen molar-refractivity contribution in [3.8, 4) is 0 Å². The SMILES string of the molecule is CCCNCCn1nnnc1SCc1cccc(Cl)c1. The van der Waals surface area contributed by atoms with Gasteiger partial charge in [-0.05, 0) is 41.1 Å². The minimum atomic E-state index is 0.756. The van der Waals surface area contributed by atoms with Crippen LogP contribution in [0.15, 0.2) is 29.4 Å². The molecule has 0 atom stereocenters. The second kappa shape index (κ2) is 8.24. The molecule has 0 bridgehead atoms. The summed E-state index contributed by atoms with van der Waals surface area (Å²) in [7, 11) is 0. The Hall–Kier alpha value is -1.11. The van der Waals surface area contributed by atoms with Crippen LogP contribution in [-0.2, 0) is 12.3 Å². The second-order valence-corrected chi connectivity index (χ2v) is 5.73. The lowest BCUT2D eigenvalue weighted by Gasteiger charge is -2.05. The van der Waals surface area contributed by atoms with Gasteiger partial charge >= 0.3 is 0 Å². The number of benzene rings is 1. The molecule has 0 amide bonds. The highest BCUT2D eigenvalue weighted by molar-refractivity contribution is 7.98. The third-order valence-corrected chi connectivity index (χ3v) is 3.95. The fourth-order valence-electron chi connectivity index (χ4n) is 1.70. The minimum absolute atomic E-state index is 0.756. The molecule has 5 nitrogen and oxygen atoms in total. The third-order valence-electron chi connectivity index (χ3n) is 2.68. The van der Waals surface area contributed by atoms with Crippen LogP contribution in [0.5, 0.6) is 0 Å². The van der Waals surface area contributed by atoms with E-state index in [0.717, 1.165) is 42.0 Å². The standard InChI is InChI=1S/C13H18ClN5S/c1-2-6-15-7-8-19-13(16-17-18-19)20-10-11-4-3-5-12(14)9-11/h3-5,9,15H,2,6-8,10H2,1H3. The van der Waals surface area contributed by atoms with Crippen molar-refractivity contribution in [2.24, 2.45) is 0 Å². The summed E-state index contributed by atoms with van der Waals surface area (Å²) in [6.45, 7) is 4.83. The zero-order chi connectivity index (χ0) is 14.2. The first-order valence-electron chi connectivity index (χ1n) is 6.63. The molecular weight excluding hydrogens is 294 g/mol. The van der Waals surface area contributed by atoms with Crippen molar-refractivity contribution in [2.75, 3.05) is 13.1 Å². The number of aromatic nitrogens is 4. The largest absolute Gasteiger partial charge is 0.315 e. The molecule has 1 aromatic heterocycles. The first-order chi connectivity index (χ1) is 9.79. The number of thioether (sulfide) groups is 1. The zero-order valence-electron chi connectivity index (χ0n) is 11.4. The van der Waals surface area contributed by atoms with E-state index in [1.54, 1.807) is 11.8 Å². The molecule has 0 saturated heterocycles. The maximum atomic E-state index is 5.97. The molecule has 2 aromatic rings. The van der Waals surface area contributed by atoms with Gasteiger partial charge in [-0.2, -0.15) is 0 Å². The Bertz CT molecular complexity index is 531. The molecule has 0 saturated carbocycles. The lowest BCUT2D eigenvalue weighted by Crippen LogP contribution is -2.21. The first kappa shape index (κ1) is 15.3. The Balaban J connectivity index is 1.85.